The van der Waals surface area contributed by atoms with Crippen LogP contribution >= 0.6 is 0 Å². The summed E-state index contributed by atoms with van der Waals surface area (Å²) in [7, 11) is 0. The SMILES string of the molecule is CCCCCCCCCCC1(O)C(=O)Nc2ccccc21. The Hall–Kier alpha value is -1.35. The number of rotatable bonds is 9. The lowest BCUT2D eigenvalue weighted by molar-refractivity contribution is -0.134. The number of hydrogen-bond donors (Lipinski definition) is 2. The highest BCUT2D eigenvalue weighted by Crippen LogP contribution is 2.39. The van der Waals surface area contributed by atoms with Crippen molar-refractivity contribution >= 4 is 11.6 Å². The van der Waals surface area contributed by atoms with Gasteiger partial charge in [0.25, 0.3) is 5.91 Å². The molecular weight excluding hydrogens is 262 g/mol. The first-order chi connectivity index (χ1) is 10.2. The predicted octanol–water partition coefficient (Wildman–Crippen LogP) is 4.36. The van der Waals surface area contributed by atoms with Crippen LogP contribution in [-0.2, 0) is 10.4 Å². The van der Waals surface area contributed by atoms with Crippen LogP contribution in [0.5, 0.6) is 0 Å². The Labute approximate surface area is 127 Å². The summed E-state index contributed by atoms with van der Waals surface area (Å²) in [6.07, 6.45) is 10.2. The first-order valence-corrected chi connectivity index (χ1v) is 8.32. The number of carbonyl (C=O) groups excluding carboxylic acids is 1. The molecule has 0 aromatic heterocycles. The van der Waals surface area contributed by atoms with Gasteiger partial charge in [0.2, 0.25) is 0 Å². The molecule has 1 aromatic carbocycles. The van der Waals surface area contributed by atoms with Crippen molar-refractivity contribution < 1.29 is 9.90 Å². The van der Waals surface area contributed by atoms with Gasteiger partial charge in [-0.15, -0.1) is 0 Å². The second kappa shape index (κ2) is 7.60. The molecule has 3 nitrogen and oxygen atoms in total. The summed E-state index contributed by atoms with van der Waals surface area (Å²) < 4.78 is 0. The van der Waals surface area contributed by atoms with E-state index in [-0.39, 0.29) is 5.91 Å². The standard InChI is InChI=1S/C18H27NO2/c1-2-3-4-5-6-7-8-11-14-18(21)15-12-9-10-13-16(15)19-17(18)20/h9-10,12-13,21H,2-8,11,14H2,1H3,(H,19,20). The molecule has 3 heteroatoms. The molecule has 21 heavy (non-hydrogen) atoms. The third-order valence-corrected chi connectivity index (χ3v) is 4.39. The molecule has 1 heterocycles. The van der Waals surface area contributed by atoms with Crippen molar-refractivity contribution in [2.75, 3.05) is 5.32 Å². The van der Waals surface area contributed by atoms with E-state index in [0.717, 1.165) is 24.1 Å². The first kappa shape index (κ1) is 16.0. The number of hydrogen-bond acceptors (Lipinski definition) is 2. The molecule has 1 amide bonds. The molecule has 0 saturated heterocycles. The fourth-order valence-electron chi connectivity index (χ4n) is 3.06. The van der Waals surface area contributed by atoms with Gasteiger partial charge in [-0.05, 0) is 18.9 Å². The van der Waals surface area contributed by atoms with E-state index in [4.69, 9.17) is 0 Å². The quantitative estimate of drug-likeness (QED) is 0.664. The molecule has 0 bridgehead atoms. The lowest BCUT2D eigenvalue weighted by Crippen LogP contribution is -2.34. The fraction of sp³-hybridized carbons (Fsp3) is 0.611. The largest absolute Gasteiger partial charge is 0.375 e. The van der Waals surface area contributed by atoms with E-state index in [1.165, 1.54) is 38.5 Å². The van der Waals surface area contributed by atoms with Crippen LogP contribution in [0.15, 0.2) is 24.3 Å². The van der Waals surface area contributed by atoms with Crippen molar-refractivity contribution in [1.82, 2.24) is 0 Å². The molecule has 0 fully saturated rings. The highest BCUT2D eigenvalue weighted by molar-refractivity contribution is 6.04. The minimum absolute atomic E-state index is 0.272. The van der Waals surface area contributed by atoms with Crippen molar-refractivity contribution in [2.45, 2.75) is 70.3 Å². The van der Waals surface area contributed by atoms with E-state index in [2.05, 4.69) is 12.2 Å². The van der Waals surface area contributed by atoms with E-state index in [9.17, 15) is 9.90 Å². The lowest BCUT2D eigenvalue weighted by Gasteiger charge is -2.20. The van der Waals surface area contributed by atoms with Crippen molar-refractivity contribution in [3.63, 3.8) is 0 Å². The molecule has 1 aliphatic heterocycles. The van der Waals surface area contributed by atoms with Crippen LogP contribution in [0.3, 0.4) is 0 Å². The fourth-order valence-corrected chi connectivity index (χ4v) is 3.06. The number of amides is 1. The Balaban J connectivity index is 1.74. The molecule has 0 saturated carbocycles. The third-order valence-electron chi connectivity index (χ3n) is 4.39. The highest BCUT2D eigenvalue weighted by Gasteiger charge is 2.44. The average Bonchev–Trinajstić information content (AvgIpc) is 2.74. The average molecular weight is 289 g/mol. The monoisotopic (exact) mass is 289 g/mol. The van der Waals surface area contributed by atoms with Crippen molar-refractivity contribution in [1.29, 1.82) is 0 Å². The van der Waals surface area contributed by atoms with Crippen LogP contribution in [0.25, 0.3) is 0 Å². The number of para-hydroxylation sites is 1. The van der Waals surface area contributed by atoms with E-state index in [1.54, 1.807) is 0 Å². The second-order valence-corrected chi connectivity index (χ2v) is 6.08. The number of fused-ring (bicyclic) bond motifs is 1. The number of benzene rings is 1. The summed E-state index contributed by atoms with van der Waals surface area (Å²) in [6.45, 7) is 2.23. The topological polar surface area (TPSA) is 49.3 Å². The van der Waals surface area contributed by atoms with Crippen LogP contribution in [-0.4, -0.2) is 11.0 Å². The van der Waals surface area contributed by atoms with Gasteiger partial charge in [0.1, 0.15) is 0 Å². The molecule has 2 N–H and O–H groups in total. The Morgan fingerprint density at radius 3 is 2.33 bits per heavy atom. The van der Waals surface area contributed by atoms with Gasteiger partial charge in [0.05, 0.1) is 0 Å². The van der Waals surface area contributed by atoms with Gasteiger partial charge in [-0.2, -0.15) is 0 Å². The number of anilines is 1. The van der Waals surface area contributed by atoms with Crippen molar-refractivity contribution in [3.05, 3.63) is 29.8 Å². The van der Waals surface area contributed by atoms with Crippen LogP contribution in [0.1, 0.15) is 70.3 Å². The van der Waals surface area contributed by atoms with E-state index in [0.29, 0.717) is 6.42 Å². The minimum Gasteiger partial charge on any atom is -0.375 e. The summed E-state index contributed by atoms with van der Waals surface area (Å²) in [6, 6.07) is 7.44. The molecule has 116 valence electrons. The maximum atomic E-state index is 12.0. The van der Waals surface area contributed by atoms with Crippen LogP contribution in [0, 0.1) is 0 Å². The van der Waals surface area contributed by atoms with Gasteiger partial charge >= 0.3 is 0 Å². The Morgan fingerprint density at radius 1 is 1.00 bits per heavy atom. The van der Waals surface area contributed by atoms with Gasteiger partial charge in [0, 0.05) is 11.3 Å². The summed E-state index contributed by atoms with van der Waals surface area (Å²) in [5.74, 6) is -0.272. The number of carbonyl (C=O) groups is 1. The molecule has 1 aromatic rings. The van der Waals surface area contributed by atoms with Crippen LogP contribution in [0.2, 0.25) is 0 Å². The van der Waals surface area contributed by atoms with E-state index >= 15 is 0 Å². The minimum atomic E-state index is -1.32. The zero-order chi connectivity index (χ0) is 15.1. The Bertz CT molecular complexity index is 472. The second-order valence-electron chi connectivity index (χ2n) is 6.08. The summed E-state index contributed by atoms with van der Waals surface area (Å²) in [5, 5.41) is 13.4. The van der Waals surface area contributed by atoms with Gasteiger partial charge in [-0.1, -0.05) is 70.1 Å². The summed E-state index contributed by atoms with van der Waals surface area (Å²) in [4.78, 5) is 12.0. The Morgan fingerprint density at radius 2 is 1.62 bits per heavy atom. The van der Waals surface area contributed by atoms with E-state index < -0.39 is 5.60 Å². The lowest BCUT2D eigenvalue weighted by atomic mass is 9.89. The number of aliphatic hydroxyl groups is 1. The molecule has 1 aliphatic rings. The van der Waals surface area contributed by atoms with Crippen LogP contribution < -0.4 is 5.32 Å². The number of nitrogens with one attached hydrogen (secondary N) is 1. The molecule has 0 radical (unpaired) electrons. The smallest absolute Gasteiger partial charge is 0.261 e. The molecule has 0 aliphatic carbocycles. The van der Waals surface area contributed by atoms with Crippen molar-refractivity contribution in [3.8, 4) is 0 Å². The number of unbranched alkanes of at least 4 members (excludes halogenated alkanes) is 7. The maximum absolute atomic E-state index is 12.0. The summed E-state index contributed by atoms with van der Waals surface area (Å²) >= 11 is 0. The van der Waals surface area contributed by atoms with Gasteiger partial charge in [-0.25, -0.2) is 0 Å². The molecule has 1 unspecified atom stereocenters. The molecule has 0 spiro atoms. The van der Waals surface area contributed by atoms with Gasteiger partial charge in [-0.3, -0.25) is 4.79 Å². The molecule has 2 rings (SSSR count). The predicted molar refractivity (Wildman–Crippen MR) is 86.2 cm³/mol. The van der Waals surface area contributed by atoms with Gasteiger partial charge < -0.3 is 10.4 Å². The normalized spacial score (nSPS) is 20.4. The van der Waals surface area contributed by atoms with E-state index in [1.807, 2.05) is 24.3 Å². The first-order valence-electron chi connectivity index (χ1n) is 8.32. The summed E-state index contributed by atoms with van der Waals surface area (Å²) in [5.41, 5.74) is 0.168. The molecular formula is C18H27NO2. The zero-order valence-electron chi connectivity index (χ0n) is 13.0. The van der Waals surface area contributed by atoms with Crippen LogP contribution in [0.4, 0.5) is 5.69 Å². The maximum Gasteiger partial charge on any atom is 0.261 e. The Kier molecular flexibility index (Phi) is 5.80. The van der Waals surface area contributed by atoms with Gasteiger partial charge in [0.15, 0.2) is 5.60 Å². The molecule has 1 atom stereocenters. The zero-order valence-corrected chi connectivity index (χ0v) is 13.0. The van der Waals surface area contributed by atoms with Crippen molar-refractivity contribution in [2.24, 2.45) is 0 Å². The third kappa shape index (κ3) is 3.85. The highest BCUT2D eigenvalue weighted by atomic mass is 16.3.